The van der Waals surface area contributed by atoms with E-state index in [0.717, 1.165) is 11.9 Å². The van der Waals surface area contributed by atoms with Gasteiger partial charge in [0.15, 0.2) is 15.7 Å². The molecule has 182 valence electrons. The Hall–Kier alpha value is -3.72. The number of benzene rings is 2. The highest BCUT2D eigenvalue weighted by atomic mass is 32.2. The number of nitrogens with one attached hydrogen (secondary N) is 3. The third-order valence-electron chi connectivity index (χ3n) is 5.98. The van der Waals surface area contributed by atoms with E-state index in [1.807, 2.05) is 12.1 Å². The van der Waals surface area contributed by atoms with Gasteiger partial charge >= 0.3 is 0 Å². The van der Waals surface area contributed by atoms with Crippen LogP contribution < -0.4 is 16.0 Å². The summed E-state index contributed by atoms with van der Waals surface area (Å²) >= 11 is 0. The van der Waals surface area contributed by atoms with Crippen molar-refractivity contribution < 1.29 is 13.2 Å². The number of nitrogens with zero attached hydrogens (tertiary/aromatic N) is 2. The molecule has 0 aliphatic heterocycles. The van der Waals surface area contributed by atoms with Gasteiger partial charge in [-0.15, -0.1) is 0 Å². The Morgan fingerprint density at radius 1 is 1.00 bits per heavy atom. The molecule has 0 spiro atoms. The first-order valence-corrected chi connectivity index (χ1v) is 13.5. The molecule has 1 aliphatic rings. The summed E-state index contributed by atoms with van der Waals surface area (Å²) < 4.78 is 24.7. The topological polar surface area (TPSA) is 113 Å². The van der Waals surface area contributed by atoms with Crippen LogP contribution in [0.3, 0.4) is 0 Å². The Labute approximate surface area is 205 Å². The molecular weight excluding hydrogens is 462 g/mol. The van der Waals surface area contributed by atoms with Crippen LogP contribution in [-0.2, 0) is 14.6 Å². The molecule has 35 heavy (non-hydrogen) atoms. The zero-order valence-electron chi connectivity index (χ0n) is 19.6. The Kier molecular flexibility index (Phi) is 7.45. The first-order valence-electron chi connectivity index (χ1n) is 11.6. The van der Waals surface area contributed by atoms with Crippen LogP contribution in [0.4, 0.5) is 28.8 Å². The van der Waals surface area contributed by atoms with Gasteiger partial charge in [-0.3, -0.25) is 4.79 Å². The molecule has 1 saturated carbocycles. The summed E-state index contributed by atoms with van der Waals surface area (Å²) in [6.45, 7) is 3.44. The van der Waals surface area contributed by atoms with E-state index in [0.29, 0.717) is 17.3 Å². The van der Waals surface area contributed by atoms with Gasteiger partial charge in [0, 0.05) is 23.3 Å². The number of hydrogen-bond acceptors (Lipinski definition) is 7. The van der Waals surface area contributed by atoms with E-state index in [2.05, 4.69) is 44.6 Å². The number of carbonyl (C=O) groups is 1. The van der Waals surface area contributed by atoms with Crippen molar-refractivity contribution in [2.75, 3.05) is 22.2 Å². The summed E-state index contributed by atoms with van der Waals surface area (Å²) in [5, 5.41) is 8.87. The summed E-state index contributed by atoms with van der Waals surface area (Å²) in [5.74, 6) is 0.672. The zero-order valence-corrected chi connectivity index (χ0v) is 20.4. The fraction of sp³-hybridized carbons (Fsp3) is 0.269. The second kappa shape index (κ2) is 10.7. The van der Waals surface area contributed by atoms with Crippen LogP contribution in [0.5, 0.6) is 0 Å². The van der Waals surface area contributed by atoms with E-state index in [-0.39, 0.29) is 22.6 Å². The number of anilines is 5. The smallest absolute Gasteiger partial charge is 0.247 e. The quantitative estimate of drug-likeness (QED) is 0.355. The highest BCUT2D eigenvalue weighted by Gasteiger charge is 2.18. The summed E-state index contributed by atoms with van der Waals surface area (Å²) in [6, 6.07) is 15.1. The highest BCUT2D eigenvalue weighted by Crippen LogP contribution is 2.33. The Morgan fingerprint density at radius 3 is 2.40 bits per heavy atom. The third-order valence-corrected chi connectivity index (χ3v) is 7.07. The van der Waals surface area contributed by atoms with Crippen molar-refractivity contribution in [3.63, 3.8) is 0 Å². The molecule has 1 aromatic heterocycles. The molecule has 1 aliphatic carbocycles. The molecule has 0 radical (unpaired) electrons. The van der Waals surface area contributed by atoms with Crippen molar-refractivity contribution in [2.24, 2.45) is 0 Å². The molecule has 0 saturated heterocycles. The van der Waals surface area contributed by atoms with Gasteiger partial charge in [-0.1, -0.05) is 44.0 Å². The summed E-state index contributed by atoms with van der Waals surface area (Å²) in [6.07, 6.45) is 9.91. The molecule has 3 aromatic rings. The molecule has 0 unspecified atom stereocenters. The molecule has 8 nitrogen and oxygen atoms in total. The van der Waals surface area contributed by atoms with E-state index >= 15 is 0 Å². The number of hydrogen-bond donors (Lipinski definition) is 3. The van der Waals surface area contributed by atoms with Crippen LogP contribution in [0, 0.1) is 0 Å². The van der Waals surface area contributed by atoms with E-state index in [1.165, 1.54) is 49.9 Å². The van der Waals surface area contributed by atoms with Crippen LogP contribution in [0.25, 0.3) is 0 Å². The predicted molar refractivity (Wildman–Crippen MR) is 139 cm³/mol. The van der Waals surface area contributed by atoms with Crippen LogP contribution in [0.1, 0.15) is 43.6 Å². The minimum Gasteiger partial charge on any atom is -0.339 e. The molecule has 9 heteroatoms. The van der Waals surface area contributed by atoms with Crippen molar-refractivity contribution >= 4 is 44.6 Å². The van der Waals surface area contributed by atoms with Crippen LogP contribution in [-0.4, -0.2) is 30.5 Å². The van der Waals surface area contributed by atoms with Gasteiger partial charge in [0.05, 0.1) is 6.20 Å². The van der Waals surface area contributed by atoms with Crippen LogP contribution >= 0.6 is 0 Å². The van der Waals surface area contributed by atoms with Crippen molar-refractivity contribution in [1.29, 1.82) is 0 Å². The SMILES string of the molecule is C=CC(=O)Nc1cccc(Nc2nc(Nc3ccc(C4CCCCC4)cc3)ncc2S(C)(=O)=O)c1. The van der Waals surface area contributed by atoms with Gasteiger partial charge < -0.3 is 16.0 Å². The lowest BCUT2D eigenvalue weighted by Gasteiger charge is -2.22. The number of rotatable bonds is 8. The van der Waals surface area contributed by atoms with Crippen LogP contribution in [0.2, 0.25) is 0 Å². The Bertz CT molecular complexity index is 1320. The number of amides is 1. The Balaban J connectivity index is 1.56. The summed E-state index contributed by atoms with van der Waals surface area (Å²) in [5.41, 5.74) is 3.25. The molecule has 2 aromatic carbocycles. The standard InChI is InChI=1S/C26H29N5O3S/c1-3-24(32)28-21-10-7-11-22(16-21)29-25-23(35(2,33)34)17-27-26(31-25)30-20-14-12-19(13-15-20)18-8-5-4-6-9-18/h3,7,10-18H,1,4-6,8-9H2,2H3,(H,28,32)(H2,27,29,30,31). The lowest BCUT2D eigenvalue weighted by molar-refractivity contribution is -0.111. The van der Waals surface area contributed by atoms with E-state index in [1.54, 1.807) is 24.3 Å². The first kappa shape index (κ1) is 24.4. The molecule has 1 fully saturated rings. The van der Waals surface area contributed by atoms with Gasteiger partial charge in [0.2, 0.25) is 11.9 Å². The molecule has 1 heterocycles. The Morgan fingerprint density at radius 2 is 1.71 bits per heavy atom. The maximum atomic E-state index is 12.3. The second-order valence-electron chi connectivity index (χ2n) is 8.66. The van der Waals surface area contributed by atoms with E-state index in [4.69, 9.17) is 0 Å². The summed E-state index contributed by atoms with van der Waals surface area (Å²) in [4.78, 5) is 20.2. The van der Waals surface area contributed by atoms with E-state index < -0.39 is 9.84 Å². The molecule has 3 N–H and O–H groups in total. The maximum Gasteiger partial charge on any atom is 0.247 e. The van der Waals surface area contributed by atoms with Gasteiger partial charge in [0.1, 0.15) is 4.90 Å². The fourth-order valence-corrected chi connectivity index (χ4v) is 4.89. The average molecular weight is 492 g/mol. The van der Waals surface area contributed by atoms with Crippen molar-refractivity contribution in [2.45, 2.75) is 42.9 Å². The summed E-state index contributed by atoms with van der Waals surface area (Å²) in [7, 11) is -3.59. The van der Waals surface area contributed by atoms with Gasteiger partial charge in [-0.2, -0.15) is 4.98 Å². The maximum absolute atomic E-state index is 12.3. The van der Waals surface area contributed by atoms with E-state index in [9.17, 15) is 13.2 Å². The van der Waals surface area contributed by atoms with Gasteiger partial charge in [0.25, 0.3) is 0 Å². The third kappa shape index (κ3) is 6.45. The first-order chi connectivity index (χ1) is 16.8. The number of sulfone groups is 1. The predicted octanol–water partition coefficient (Wildman–Crippen LogP) is 5.54. The minimum atomic E-state index is -3.59. The van der Waals surface area contributed by atoms with Crippen molar-refractivity contribution in [3.8, 4) is 0 Å². The number of aromatic nitrogens is 2. The zero-order chi connectivity index (χ0) is 24.8. The second-order valence-corrected chi connectivity index (χ2v) is 10.6. The lowest BCUT2D eigenvalue weighted by Crippen LogP contribution is -2.09. The highest BCUT2D eigenvalue weighted by molar-refractivity contribution is 7.90. The minimum absolute atomic E-state index is 0.0313. The molecule has 0 atom stereocenters. The lowest BCUT2D eigenvalue weighted by atomic mass is 9.84. The molecule has 1 amide bonds. The van der Waals surface area contributed by atoms with Gasteiger partial charge in [-0.25, -0.2) is 13.4 Å². The number of carbonyl (C=O) groups excluding carboxylic acids is 1. The van der Waals surface area contributed by atoms with Crippen molar-refractivity contribution in [3.05, 3.63) is 72.9 Å². The average Bonchev–Trinajstić information content (AvgIpc) is 2.84. The normalized spacial score (nSPS) is 14.2. The fourth-order valence-electron chi connectivity index (χ4n) is 4.20. The molecular formula is C26H29N5O3S. The molecule has 0 bridgehead atoms. The molecule has 4 rings (SSSR count). The van der Waals surface area contributed by atoms with Crippen LogP contribution in [0.15, 0.2) is 72.3 Å². The van der Waals surface area contributed by atoms with Gasteiger partial charge in [-0.05, 0) is 60.7 Å². The monoisotopic (exact) mass is 491 g/mol. The van der Waals surface area contributed by atoms with Crippen molar-refractivity contribution in [1.82, 2.24) is 9.97 Å². The largest absolute Gasteiger partial charge is 0.339 e.